The van der Waals surface area contributed by atoms with Gasteiger partial charge in [0.2, 0.25) is 0 Å². The molecule has 0 atom stereocenters. The van der Waals surface area contributed by atoms with Crippen LogP contribution in [0.2, 0.25) is 0 Å². The zero-order valence-electron chi connectivity index (χ0n) is 14.3. The summed E-state index contributed by atoms with van der Waals surface area (Å²) in [6.07, 6.45) is 3.90. The van der Waals surface area contributed by atoms with Gasteiger partial charge < -0.3 is 20.2 Å². The maximum atomic E-state index is 12.5. The zero-order valence-corrected chi connectivity index (χ0v) is 15.1. The van der Waals surface area contributed by atoms with Crippen molar-refractivity contribution in [3.8, 4) is 0 Å². The van der Waals surface area contributed by atoms with Crippen molar-refractivity contribution < 1.29 is 23.9 Å². The Morgan fingerprint density at radius 3 is 2.54 bits per heavy atom. The molecule has 0 unspecified atom stereocenters. The Morgan fingerprint density at radius 2 is 1.92 bits per heavy atom. The first-order valence-electron chi connectivity index (χ1n) is 8.43. The lowest BCUT2D eigenvalue weighted by atomic mass is 9.86. The first-order valence-corrected chi connectivity index (χ1v) is 9.24. The summed E-state index contributed by atoms with van der Waals surface area (Å²) in [5, 5.41) is 15.3. The molecule has 26 heavy (non-hydrogen) atoms. The van der Waals surface area contributed by atoms with Gasteiger partial charge in [0.1, 0.15) is 0 Å². The van der Waals surface area contributed by atoms with Gasteiger partial charge in [-0.05, 0) is 56.4 Å². The standard InChI is InChI=1S/C18H20N2O5S/c1-10-9-14(20-16(21)13-3-2-8-25-13)26-15(10)17(22)19-12-6-4-11(5-7-12)18(23)24/h2-3,8-9,11-12H,4-7H2,1H3,(H,19,22)(H,20,21)(H,23,24). The molecule has 2 aromatic heterocycles. The Kier molecular flexibility index (Phi) is 5.41. The van der Waals surface area contributed by atoms with Crippen LogP contribution in [0.3, 0.4) is 0 Å². The van der Waals surface area contributed by atoms with E-state index in [2.05, 4.69) is 10.6 Å². The Labute approximate surface area is 154 Å². The van der Waals surface area contributed by atoms with E-state index in [-0.39, 0.29) is 29.5 Å². The normalized spacial score (nSPS) is 19.7. The third-order valence-corrected chi connectivity index (χ3v) is 5.67. The molecule has 0 bridgehead atoms. The summed E-state index contributed by atoms with van der Waals surface area (Å²) in [5.74, 6) is -1.42. The number of anilines is 1. The minimum atomic E-state index is -0.763. The summed E-state index contributed by atoms with van der Waals surface area (Å²) in [6, 6.07) is 4.94. The van der Waals surface area contributed by atoms with Crippen LogP contribution in [0.25, 0.3) is 0 Å². The molecule has 1 aliphatic rings. The fourth-order valence-electron chi connectivity index (χ4n) is 3.09. The average molecular weight is 376 g/mol. The van der Waals surface area contributed by atoms with E-state index in [9.17, 15) is 14.4 Å². The molecule has 2 amide bonds. The molecule has 0 radical (unpaired) electrons. The zero-order chi connectivity index (χ0) is 18.7. The lowest BCUT2D eigenvalue weighted by Gasteiger charge is -2.26. The van der Waals surface area contributed by atoms with E-state index in [0.717, 1.165) is 5.56 Å². The van der Waals surface area contributed by atoms with E-state index in [4.69, 9.17) is 9.52 Å². The second-order valence-electron chi connectivity index (χ2n) is 6.41. The third kappa shape index (κ3) is 4.13. The molecule has 1 aliphatic carbocycles. The number of carboxylic acids is 1. The largest absolute Gasteiger partial charge is 0.481 e. The number of carbonyl (C=O) groups excluding carboxylic acids is 2. The van der Waals surface area contributed by atoms with Crippen molar-refractivity contribution in [3.05, 3.63) is 40.7 Å². The molecular formula is C18H20N2O5S. The van der Waals surface area contributed by atoms with Crippen molar-refractivity contribution >= 4 is 34.1 Å². The van der Waals surface area contributed by atoms with Gasteiger partial charge in [0.05, 0.1) is 22.1 Å². The minimum Gasteiger partial charge on any atom is -0.481 e. The molecule has 1 saturated carbocycles. The molecule has 3 N–H and O–H groups in total. The van der Waals surface area contributed by atoms with E-state index in [1.165, 1.54) is 17.6 Å². The fourth-order valence-corrected chi connectivity index (χ4v) is 4.06. The van der Waals surface area contributed by atoms with Crippen LogP contribution in [0.4, 0.5) is 5.00 Å². The topological polar surface area (TPSA) is 109 Å². The maximum absolute atomic E-state index is 12.5. The predicted molar refractivity (Wildman–Crippen MR) is 96.6 cm³/mol. The van der Waals surface area contributed by atoms with Crippen LogP contribution in [-0.2, 0) is 4.79 Å². The highest BCUT2D eigenvalue weighted by Gasteiger charge is 2.27. The number of nitrogens with one attached hydrogen (secondary N) is 2. The van der Waals surface area contributed by atoms with Gasteiger partial charge in [-0.1, -0.05) is 0 Å². The fraction of sp³-hybridized carbons (Fsp3) is 0.389. The minimum absolute atomic E-state index is 0.0132. The summed E-state index contributed by atoms with van der Waals surface area (Å²) in [6.45, 7) is 1.81. The highest BCUT2D eigenvalue weighted by molar-refractivity contribution is 7.18. The number of carbonyl (C=O) groups is 3. The van der Waals surface area contributed by atoms with E-state index in [0.29, 0.717) is 35.6 Å². The Hall–Kier alpha value is -2.61. The summed E-state index contributed by atoms with van der Waals surface area (Å²) in [5.41, 5.74) is 0.779. The molecule has 138 valence electrons. The molecule has 0 aromatic carbocycles. The summed E-state index contributed by atoms with van der Waals surface area (Å²) < 4.78 is 5.05. The molecule has 2 heterocycles. The monoisotopic (exact) mass is 376 g/mol. The molecule has 0 aliphatic heterocycles. The van der Waals surface area contributed by atoms with Gasteiger partial charge in [0, 0.05) is 6.04 Å². The van der Waals surface area contributed by atoms with Gasteiger partial charge in [0.15, 0.2) is 5.76 Å². The molecule has 1 fully saturated rings. The Bertz CT molecular complexity index is 804. The SMILES string of the molecule is Cc1cc(NC(=O)c2ccco2)sc1C(=O)NC1CCC(C(=O)O)CC1. The molecule has 8 heteroatoms. The van der Waals surface area contributed by atoms with Crippen molar-refractivity contribution in [2.75, 3.05) is 5.32 Å². The summed E-state index contributed by atoms with van der Waals surface area (Å²) in [4.78, 5) is 36.1. The van der Waals surface area contributed by atoms with Gasteiger partial charge in [-0.3, -0.25) is 14.4 Å². The number of hydrogen-bond donors (Lipinski definition) is 3. The number of aryl methyl sites for hydroxylation is 1. The van der Waals surface area contributed by atoms with Gasteiger partial charge in [-0.2, -0.15) is 0 Å². The second kappa shape index (κ2) is 7.74. The third-order valence-electron chi connectivity index (χ3n) is 4.52. The van der Waals surface area contributed by atoms with E-state index in [1.54, 1.807) is 18.2 Å². The lowest BCUT2D eigenvalue weighted by molar-refractivity contribution is -0.142. The van der Waals surface area contributed by atoms with Crippen LogP contribution in [0.5, 0.6) is 0 Å². The summed E-state index contributed by atoms with van der Waals surface area (Å²) in [7, 11) is 0. The van der Waals surface area contributed by atoms with E-state index >= 15 is 0 Å². The molecular weight excluding hydrogens is 356 g/mol. The van der Waals surface area contributed by atoms with Crippen molar-refractivity contribution in [1.29, 1.82) is 0 Å². The number of amides is 2. The van der Waals surface area contributed by atoms with E-state index in [1.807, 2.05) is 6.92 Å². The van der Waals surface area contributed by atoms with Crippen molar-refractivity contribution in [1.82, 2.24) is 5.32 Å². The summed E-state index contributed by atoms with van der Waals surface area (Å²) >= 11 is 1.21. The quantitative estimate of drug-likeness (QED) is 0.742. The van der Waals surface area contributed by atoms with Crippen LogP contribution in [0, 0.1) is 12.8 Å². The van der Waals surface area contributed by atoms with Crippen molar-refractivity contribution in [3.63, 3.8) is 0 Å². The number of aliphatic carboxylic acids is 1. The number of carboxylic acid groups (broad SMARTS) is 1. The number of rotatable bonds is 5. The first-order chi connectivity index (χ1) is 12.4. The molecule has 2 aromatic rings. The van der Waals surface area contributed by atoms with Crippen LogP contribution >= 0.6 is 11.3 Å². The molecule has 7 nitrogen and oxygen atoms in total. The highest BCUT2D eigenvalue weighted by atomic mass is 32.1. The van der Waals surface area contributed by atoms with Crippen molar-refractivity contribution in [2.45, 2.75) is 38.6 Å². The number of hydrogen-bond acceptors (Lipinski definition) is 5. The van der Waals surface area contributed by atoms with Gasteiger partial charge in [0.25, 0.3) is 11.8 Å². The van der Waals surface area contributed by atoms with E-state index < -0.39 is 5.97 Å². The molecule has 3 rings (SSSR count). The molecule has 0 spiro atoms. The van der Waals surface area contributed by atoms with Crippen molar-refractivity contribution in [2.24, 2.45) is 5.92 Å². The van der Waals surface area contributed by atoms with Crippen LogP contribution in [0.1, 0.15) is 51.5 Å². The molecule has 0 saturated heterocycles. The Balaban J connectivity index is 1.59. The Morgan fingerprint density at radius 1 is 1.19 bits per heavy atom. The van der Waals surface area contributed by atoms with Gasteiger partial charge >= 0.3 is 5.97 Å². The highest BCUT2D eigenvalue weighted by Crippen LogP contribution is 2.29. The first kappa shape index (κ1) is 18.2. The number of furan rings is 1. The van der Waals surface area contributed by atoms with Crippen LogP contribution in [-0.4, -0.2) is 28.9 Å². The number of thiophene rings is 1. The smallest absolute Gasteiger partial charge is 0.306 e. The van der Waals surface area contributed by atoms with Gasteiger partial charge in [-0.15, -0.1) is 11.3 Å². The second-order valence-corrected chi connectivity index (χ2v) is 7.47. The average Bonchev–Trinajstić information content (AvgIpc) is 3.25. The lowest BCUT2D eigenvalue weighted by Crippen LogP contribution is -2.38. The predicted octanol–water partition coefficient (Wildman–Crippen LogP) is 3.28. The maximum Gasteiger partial charge on any atom is 0.306 e. The van der Waals surface area contributed by atoms with Gasteiger partial charge in [-0.25, -0.2) is 0 Å². The van der Waals surface area contributed by atoms with Crippen LogP contribution in [0.15, 0.2) is 28.9 Å². The van der Waals surface area contributed by atoms with Crippen LogP contribution < -0.4 is 10.6 Å².